The van der Waals surface area contributed by atoms with Gasteiger partial charge in [0.15, 0.2) is 0 Å². The molecule has 0 bridgehead atoms. The predicted molar refractivity (Wildman–Crippen MR) is 202 cm³/mol. The predicted octanol–water partition coefficient (Wildman–Crippen LogP) is 11.7. The van der Waals surface area contributed by atoms with Crippen LogP contribution in [0.4, 0.5) is 0 Å². The van der Waals surface area contributed by atoms with Crippen LogP contribution in [0.15, 0.2) is 85.1 Å². The number of hydrogen-bond acceptors (Lipinski definition) is 3. The average Bonchev–Trinajstić information content (AvgIpc) is 3.56. The van der Waals surface area contributed by atoms with Crippen molar-refractivity contribution in [3.05, 3.63) is 131 Å². The van der Waals surface area contributed by atoms with Gasteiger partial charge in [-0.15, -0.1) is 41.3 Å². The fourth-order valence-corrected chi connectivity index (χ4v) is 7.06. The second-order valence-electron chi connectivity index (χ2n) is 14.1. The SMILES string of the molecule is Cc1ccnc(-n2c3[c-]c(Oc4[c-]c(-n5nc(C)c(-c6c(C(C)C)cccc6C(C)C)c5C)cc(C(C)C)c4)ccc3c3ccccc32)c1.[Pd+2]. The molecule has 0 unspecified atom stereocenters. The largest absolute Gasteiger partial charge is 2.00 e. The molecule has 256 valence electrons. The number of benzene rings is 4. The molecule has 0 radical (unpaired) electrons. The molecule has 0 aliphatic rings. The second-order valence-corrected chi connectivity index (χ2v) is 14.1. The first-order chi connectivity index (χ1) is 23.5. The van der Waals surface area contributed by atoms with Gasteiger partial charge in [0.25, 0.3) is 0 Å². The van der Waals surface area contributed by atoms with Gasteiger partial charge < -0.3 is 9.30 Å². The Morgan fingerprint density at radius 2 is 1.40 bits per heavy atom. The molecule has 0 aliphatic heterocycles. The number of ether oxygens (including phenoxy) is 1. The molecule has 0 saturated carbocycles. The molecule has 7 aromatic rings. The van der Waals surface area contributed by atoms with Crippen LogP contribution in [0, 0.1) is 32.9 Å². The molecule has 4 aromatic carbocycles. The zero-order chi connectivity index (χ0) is 34.6. The number of para-hydroxylation sites is 1. The van der Waals surface area contributed by atoms with Crippen molar-refractivity contribution >= 4 is 21.8 Å². The van der Waals surface area contributed by atoms with E-state index in [1.807, 2.05) is 23.0 Å². The molecule has 6 heteroatoms. The summed E-state index contributed by atoms with van der Waals surface area (Å²) in [5, 5.41) is 7.39. The van der Waals surface area contributed by atoms with Gasteiger partial charge in [-0.3, -0.25) is 4.68 Å². The van der Waals surface area contributed by atoms with Crippen LogP contribution in [-0.2, 0) is 20.4 Å². The molecule has 0 atom stereocenters. The Balaban J connectivity index is 0.00000432. The van der Waals surface area contributed by atoms with E-state index in [1.165, 1.54) is 22.3 Å². The van der Waals surface area contributed by atoms with Crippen molar-refractivity contribution in [2.75, 3.05) is 0 Å². The summed E-state index contributed by atoms with van der Waals surface area (Å²) in [6, 6.07) is 34.8. The summed E-state index contributed by atoms with van der Waals surface area (Å²) in [6.45, 7) is 19.9. The topological polar surface area (TPSA) is 44.9 Å². The monoisotopic (exact) mass is 750 g/mol. The van der Waals surface area contributed by atoms with E-state index < -0.39 is 0 Å². The van der Waals surface area contributed by atoms with Crippen molar-refractivity contribution in [3.63, 3.8) is 0 Å². The third-order valence-electron chi connectivity index (χ3n) is 9.57. The average molecular weight is 751 g/mol. The molecule has 7 rings (SSSR count). The minimum Gasteiger partial charge on any atom is -0.509 e. The molecule has 0 N–H and O–H groups in total. The number of rotatable bonds is 8. The number of hydrogen-bond donors (Lipinski definition) is 0. The standard InChI is InChI=1S/C44H44N4O.Pd/c1-26(2)32-22-33(48-31(9)43(30(8)46-48)44-36(27(3)4)14-12-15-37(44)28(5)6)24-35(23-32)49-34-17-18-39-38-13-10-11-16-40(38)47(41(39)25-34)42-21-29(7)19-20-45-42;/h10-23,26-28H,1-9H3;/q-2;+2. The number of aromatic nitrogens is 4. The molecular weight excluding hydrogens is 707 g/mol. The van der Waals surface area contributed by atoms with Crippen LogP contribution in [-0.4, -0.2) is 19.3 Å². The Morgan fingerprint density at radius 1 is 0.680 bits per heavy atom. The summed E-state index contributed by atoms with van der Waals surface area (Å²) in [4.78, 5) is 4.73. The van der Waals surface area contributed by atoms with Crippen LogP contribution in [0.1, 0.15) is 92.9 Å². The number of fused-ring (bicyclic) bond motifs is 3. The van der Waals surface area contributed by atoms with E-state index in [0.717, 1.165) is 55.8 Å². The summed E-state index contributed by atoms with van der Waals surface area (Å²) in [6.07, 6.45) is 1.86. The molecule has 3 heterocycles. The first kappa shape index (κ1) is 35.3. The third-order valence-corrected chi connectivity index (χ3v) is 9.57. The molecule has 0 aliphatic carbocycles. The van der Waals surface area contributed by atoms with Gasteiger partial charge in [-0.2, -0.15) is 11.2 Å². The first-order valence-electron chi connectivity index (χ1n) is 17.3. The maximum Gasteiger partial charge on any atom is 2.00 e. The van der Waals surface area contributed by atoms with E-state index in [-0.39, 0.29) is 26.3 Å². The second kappa shape index (κ2) is 14.0. The van der Waals surface area contributed by atoms with Gasteiger partial charge in [0, 0.05) is 34.5 Å². The Kier molecular flexibility index (Phi) is 9.91. The summed E-state index contributed by atoms with van der Waals surface area (Å²) in [5.74, 6) is 3.17. The van der Waals surface area contributed by atoms with Crippen LogP contribution >= 0.6 is 0 Å². The van der Waals surface area contributed by atoms with Crippen LogP contribution in [0.2, 0.25) is 0 Å². The van der Waals surface area contributed by atoms with Crippen molar-refractivity contribution in [1.82, 2.24) is 19.3 Å². The van der Waals surface area contributed by atoms with Gasteiger partial charge in [-0.05, 0) is 90.1 Å². The maximum atomic E-state index is 6.63. The van der Waals surface area contributed by atoms with E-state index in [2.05, 4.69) is 146 Å². The number of aryl methyl sites for hydroxylation is 2. The summed E-state index contributed by atoms with van der Waals surface area (Å²) in [7, 11) is 0. The molecule has 0 spiro atoms. The maximum absolute atomic E-state index is 6.63. The van der Waals surface area contributed by atoms with Gasteiger partial charge in [0.2, 0.25) is 0 Å². The van der Waals surface area contributed by atoms with Crippen molar-refractivity contribution in [2.45, 2.75) is 80.1 Å². The summed E-state index contributed by atoms with van der Waals surface area (Å²) in [5.41, 5.74) is 12.5. The number of nitrogens with zero attached hydrogens (tertiary/aromatic N) is 4. The normalized spacial score (nSPS) is 11.7. The Hall–Kier alpha value is -4.50. The van der Waals surface area contributed by atoms with Crippen molar-refractivity contribution < 1.29 is 25.2 Å². The first-order valence-corrected chi connectivity index (χ1v) is 17.3. The van der Waals surface area contributed by atoms with Crippen LogP contribution in [0.3, 0.4) is 0 Å². The molecule has 50 heavy (non-hydrogen) atoms. The van der Waals surface area contributed by atoms with E-state index in [0.29, 0.717) is 23.3 Å². The zero-order valence-electron chi connectivity index (χ0n) is 30.3. The van der Waals surface area contributed by atoms with Crippen LogP contribution in [0.25, 0.3) is 44.4 Å². The van der Waals surface area contributed by atoms with Crippen molar-refractivity contribution in [1.29, 1.82) is 0 Å². The zero-order valence-corrected chi connectivity index (χ0v) is 31.9. The van der Waals surface area contributed by atoms with Crippen molar-refractivity contribution in [2.24, 2.45) is 0 Å². The third kappa shape index (κ3) is 6.32. The van der Waals surface area contributed by atoms with Crippen LogP contribution < -0.4 is 4.74 Å². The van der Waals surface area contributed by atoms with E-state index in [9.17, 15) is 0 Å². The van der Waals surface area contributed by atoms with Crippen LogP contribution in [0.5, 0.6) is 11.5 Å². The quantitative estimate of drug-likeness (QED) is 0.115. The summed E-state index contributed by atoms with van der Waals surface area (Å²) >= 11 is 0. The van der Waals surface area contributed by atoms with E-state index in [1.54, 1.807) is 0 Å². The molecule has 0 saturated heterocycles. The molecule has 5 nitrogen and oxygen atoms in total. The fourth-order valence-electron chi connectivity index (χ4n) is 7.06. The Bertz CT molecular complexity index is 2320. The van der Waals surface area contributed by atoms with Gasteiger partial charge in [0.05, 0.1) is 5.69 Å². The van der Waals surface area contributed by atoms with Gasteiger partial charge in [0.1, 0.15) is 5.82 Å². The molecule has 0 amide bonds. The van der Waals surface area contributed by atoms with E-state index in [4.69, 9.17) is 14.8 Å². The van der Waals surface area contributed by atoms with Gasteiger partial charge in [-0.25, -0.2) is 4.98 Å². The number of pyridine rings is 1. The molecule has 3 aromatic heterocycles. The Morgan fingerprint density at radius 3 is 2.08 bits per heavy atom. The van der Waals surface area contributed by atoms with Gasteiger partial charge in [-0.1, -0.05) is 83.5 Å². The van der Waals surface area contributed by atoms with Gasteiger partial charge >= 0.3 is 20.4 Å². The molecular formula is C44H44N4OPd. The minimum absolute atomic E-state index is 0. The Labute approximate surface area is 310 Å². The van der Waals surface area contributed by atoms with E-state index >= 15 is 0 Å². The fraction of sp³-hybridized carbons (Fsp3) is 0.273. The van der Waals surface area contributed by atoms with Crippen molar-refractivity contribution in [3.8, 4) is 34.1 Å². The smallest absolute Gasteiger partial charge is 0.509 e. The molecule has 0 fully saturated rings. The summed E-state index contributed by atoms with van der Waals surface area (Å²) < 4.78 is 10.8. The minimum atomic E-state index is 0.